The minimum Gasteiger partial charge on any atom is -0.366 e. The Balaban J connectivity index is 1.25. The number of amides is 2. The van der Waals surface area contributed by atoms with E-state index in [9.17, 15) is 9.59 Å². The zero-order valence-corrected chi connectivity index (χ0v) is 18.0. The Hall–Kier alpha value is -3.66. The zero-order chi connectivity index (χ0) is 22.1. The molecule has 1 aliphatic heterocycles. The van der Waals surface area contributed by atoms with Crippen molar-refractivity contribution >= 4 is 33.4 Å². The standard InChI is InChI=1S/C22H21N7O2S/c23-20(31)14-7-9-15(10-8-14)21-25-27-29(26-21)13-19(30)28-11-3-4-16(12-28)22-24-17-5-1-2-6-18(17)32-22/h1-2,5-10,16H,3-4,11-13H2,(H2,23,31)/t16-/m0/s1. The van der Waals surface area contributed by atoms with Crippen LogP contribution < -0.4 is 5.73 Å². The summed E-state index contributed by atoms with van der Waals surface area (Å²) in [6.45, 7) is 1.39. The molecule has 1 atom stereocenters. The number of para-hydroxylation sites is 1. The Labute approximate surface area is 187 Å². The number of benzene rings is 2. The number of primary amides is 1. The number of carbonyl (C=O) groups excluding carboxylic acids is 2. The van der Waals surface area contributed by atoms with Crippen LogP contribution in [0.15, 0.2) is 48.5 Å². The number of hydrogen-bond acceptors (Lipinski definition) is 7. The molecule has 0 spiro atoms. The fourth-order valence-corrected chi connectivity index (χ4v) is 4.99. The largest absolute Gasteiger partial charge is 0.366 e. The molecule has 1 saturated heterocycles. The van der Waals surface area contributed by atoms with Crippen molar-refractivity contribution in [2.45, 2.75) is 25.3 Å². The number of tetrazole rings is 1. The van der Waals surface area contributed by atoms with Crippen LogP contribution in [0.5, 0.6) is 0 Å². The molecule has 0 radical (unpaired) electrons. The molecule has 1 fully saturated rings. The van der Waals surface area contributed by atoms with Crippen molar-refractivity contribution in [2.24, 2.45) is 5.73 Å². The lowest BCUT2D eigenvalue weighted by molar-refractivity contribution is -0.133. The van der Waals surface area contributed by atoms with Crippen LogP contribution in [0, 0.1) is 0 Å². The monoisotopic (exact) mass is 447 g/mol. The highest BCUT2D eigenvalue weighted by Crippen LogP contribution is 2.33. The van der Waals surface area contributed by atoms with E-state index >= 15 is 0 Å². The maximum Gasteiger partial charge on any atom is 0.248 e. The second-order valence-electron chi connectivity index (χ2n) is 7.78. The van der Waals surface area contributed by atoms with Crippen LogP contribution in [0.3, 0.4) is 0 Å². The highest BCUT2D eigenvalue weighted by atomic mass is 32.1. The normalized spacial score (nSPS) is 16.4. The summed E-state index contributed by atoms with van der Waals surface area (Å²) in [4.78, 5) is 32.1. The molecule has 2 aromatic heterocycles. The van der Waals surface area contributed by atoms with Gasteiger partial charge in [-0.15, -0.1) is 21.5 Å². The number of nitrogens with zero attached hydrogens (tertiary/aromatic N) is 6. The summed E-state index contributed by atoms with van der Waals surface area (Å²) in [7, 11) is 0. The highest BCUT2D eigenvalue weighted by Gasteiger charge is 2.27. The summed E-state index contributed by atoms with van der Waals surface area (Å²) >= 11 is 1.71. The third-order valence-electron chi connectivity index (χ3n) is 5.59. The number of likely N-dealkylation sites (tertiary alicyclic amines) is 1. The molecule has 0 bridgehead atoms. The molecule has 4 aromatic rings. The topological polar surface area (TPSA) is 120 Å². The van der Waals surface area contributed by atoms with E-state index < -0.39 is 5.91 Å². The summed E-state index contributed by atoms with van der Waals surface area (Å²) in [6, 6.07) is 14.8. The number of thiazole rings is 1. The predicted molar refractivity (Wildman–Crippen MR) is 120 cm³/mol. The predicted octanol–water partition coefficient (Wildman–Crippen LogP) is 2.45. The van der Waals surface area contributed by atoms with Gasteiger partial charge in [-0.1, -0.05) is 24.3 Å². The molecule has 10 heteroatoms. The molecule has 32 heavy (non-hydrogen) atoms. The molecule has 2 aromatic carbocycles. The average molecular weight is 448 g/mol. The Bertz CT molecular complexity index is 1250. The van der Waals surface area contributed by atoms with Crippen molar-refractivity contribution in [3.63, 3.8) is 0 Å². The molecular formula is C22H21N7O2S. The molecular weight excluding hydrogens is 426 g/mol. The maximum atomic E-state index is 12.9. The van der Waals surface area contributed by atoms with E-state index in [4.69, 9.17) is 10.7 Å². The minimum atomic E-state index is -0.496. The first kappa shape index (κ1) is 20.3. The summed E-state index contributed by atoms with van der Waals surface area (Å²) in [5.41, 5.74) is 7.38. The van der Waals surface area contributed by atoms with Crippen molar-refractivity contribution < 1.29 is 9.59 Å². The summed E-state index contributed by atoms with van der Waals surface area (Å²) in [5, 5.41) is 13.5. The molecule has 0 saturated carbocycles. The Morgan fingerprint density at radius 2 is 1.94 bits per heavy atom. The van der Waals surface area contributed by atoms with Crippen LogP contribution in [0.1, 0.15) is 34.1 Å². The van der Waals surface area contributed by atoms with Crippen molar-refractivity contribution in [1.29, 1.82) is 0 Å². The molecule has 1 aliphatic rings. The van der Waals surface area contributed by atoms with Gasteiger partial charge >= 0.3 is 0 Å². The van der Waals surface area contributed by atoms with Crippen LogP contribution >= 0.6 is 11.3 Å². The second-order valence-corrected chi connectivity index (χ2v) is 8.85. The van der Waals surface area contributed by atoms with Crippen molar-refractivity contribution in [2.75, 3.05) is 13.1 Å². The van der Waals surface area contributed by atoms with Gasteiger partial charge in [0.1, 0.15) is 6.54 Å². The summed E-state index contributed by atoms with van der Waals surface area (Å²) in [6.07, 6.45) is 1.96. The maximum absolute atomic E-state index is 12.9. The molecule has 5 rings (SSSR count). The van der Waals surface area contributed by atoms with Crippen LogP contribution in [-0.4, -0.2) is 55.0 Å². The minimum absolute atomic E-state index is 0.0267. The number of piperidine rings is 1. The van der Waals surface area contributed by atoms with E-state index in [-0.39, 0.29) is 18.4 Å². The van der Waals surface area contributed by atoms with Gasteiger partial charge in [-0.2, -0.15) is 4.80 Å². The van der Waals surface area contributed by atoms with Gasteiger partial charge in [0, 0.05) is 30.1 Å². The molecule has 0 aliphatic carbocycles. The third-order valence-corrected chi connectivity index (χ3v) is 6.79. The van der Waals surface area contributed by atoms with Gasteiger partial charge in [0.15, 0.2) is 0 Å². The number of rotatable bonds is 5. The lowest BCUT2D eigenvalue weighted by Gasteiger charge is -2.31. The first-order valence-corrected chi connectivity index (χ1v) is 11.2. The van der Waals surface area contributed by atoms with E-state index in [1.807, 2.05) is 23.1 Å². The molecule has 2 amide bonds. The molecule has 162 valence electrons. The Morgan fingerprint density at radius 1 is 1.12 bits per heavy atom. The van der Waals surface area contributed by atoms with E-state index in [1.165, 1.54) is 9.50 Å². The Kier molecular flexibility index (Phi) is 5.36. The molecule has 9 nitrogen and oxygen atoms in total. The lowest BCUT2D eigenvalue weighted by Crippen LogP contribution is -2.41. The second kappa shape index (κ2) is 8.46. The van der Waals surface area contributed by atoms with Gasteiger partial charge in [0.25, 0.3) is 0 Å². The summed E-state index contributed by atoms with van der Waals surface area (Å²) < 4.78 is 1.18. The number of aromatic nitrogens is 5. The van der Waals surface area contributed by atoms with Gasteiger partial charge in [0.05, 0.1) is 15.2 Å². The van der Waals surface area contributed by atoms with Crippen LogP contribution in [0.25, 0.3) is 21.6 Å². The van der Waals surface area contributed by atoms with Gasteiger partial charge in [-0.05, 0) is 42.3 Å². The zero-order valence-electron chi connectivity index (χ0n) is 17.2. The van der Waals surface area contributed by atoms with Gasteiger partial charge in [0.2, 0.25) is 17.6 Å². The first-order valence-electron chi connectivity index (χ1n) is 10.4. The van der Waals surface area contributed by atoms with Crippen LogP contribution in [0.2, 0.25) is 0 Å². The fourth-order valence-electron chi connectivity index (χ4n) is 3.90. The third kappa shape index (κ3) is 4.09. The summed E-state index contributed by atoms with van der Waals surface area (Å²) in [5.74, 6) is 0.0984. The average Bonchev–Trinajstić information content (AvgIpc) is 3.46. The highest BCUT2D eigenvalue weighted by molar-refractivity contribution is 7.18. The van der Waals surface area contributed by atoms with E-state index in [2.05, 4.69) is 21.5 Å². The van der Waals surface area contributed by atoms with Crippen LogP contribution in [0.4, 0.5) is 0 Å². The number of fused-ring (bicyclic) bond motifs is 1. The van der Waals surface area contributed by atoms with E-state index in [0.717, 1.165) is 29.9 Å². The Morgan fingerprint density at radius 3 is 2.72 bits per heavy atom. The number of hydrogen-bond donors (Lipinski definition) is 1. The van der Waals surface area contributed by atoms with Crippen molar-refractivity contribution in [3.05, 3.63) is 59.1 Å². The lowest BCUT2D eigenvalue weighted by atomic mass is 9.98. The quantitative estimate of drug-likeness (QED) is 0.502. The molecule has 3 heterocycles. The first-order chi connectivity index (χ1) is 15.6. The van der Waals surface area contributed by atoms with Crippen molar-refractivity contribution in [1.82, 2.24) is 30.1 Å². The molecule has 0 unspecified atom stereocenters. The van der Waals surface area contributed by atoms with Gasteiger partial charge < -0.3 is 10.6 Å². The number of nitrogens with two attached hydrogens (primary N) is 1. The molecule has 2 N–H and O–H groups in total. The van der Waals surface area contributed by atoms with Crippen molar-refractivity contribution in [3.8, 4) is 11.4 Å². The van der Waals surface area contributed by atoms with Crippen LogP contribution in [-0.2, 0) is 11.3 Å². The number of carbonyl (C=O) groups is 2. The fraction of sp³-hybridized carbons (Fsp3) is 0.273. The van der Waals surface area contributed by atoms with Gasteiger partial charge in [-0.25, -0.2) is 4.98 Å². The SMILES string of the molecule is NC(=O)c1ccc(-c2nnn(CC(=O)N3CCC[C@H](c4nc5ccccc5s4)C3)n2)cc1. The van der Waals surface area contributed by atoms with E-state index in [0.29, 0.717) is 23.5 Å². The van der Waals surface area contributed by atoms with E-state index in [1.54, 1.807) is 35.6 Å². The van der Waals surface area contributed by atoms with Gasteiger partial charge in [-0.3, -0.25) is 9.59 Å². The smallest absolute Gasteiger partial charge is 0.248 e.